The third-order valence-corrected chi connectivity index (χ3v) is 3.99. The second kappa shape index (κ2) is 5.08. The Bertz CT molecular complexity index is 687. The summed E-state index contributed by atoms with van der Waals surface area (Å²) >= 11 is 1.68. The fourth-order valence-corrected chi connectivity index (χ4v) is 2.90. The molecule has 6 heteroatoms. The van der Waals surface area contributed by atoms with Crippen molar-refractivity contribution >= 4 is 21.6 Å². The minimum absolute atomic E-state index is 0.0840. The molecule has 1 unspecified atom stereocenters. The molecule has 19 heavy (non-hydrogen) atoms. The summed E-state index contributed by atoms with van der Waals surface area (Å²) in [6.07, 6.45) is 5.71. The molecule has 0 aliphatic heterocycles. The first kappa shape index (κ1) is 12.3. The molecule has 0 bridgehead atoms. The van der Waals surface area contributed by atoms with Crippen molar-refractivity contribution < 1.29 is 0 Å². The molecular formula is C13H15N5S. The molecule has 0 aliphatic carbocycles. The highest BCUT2D eigenvalue weighted by molar-refractivity contribution is 7.17. The molecule has 3 heterocycles. The molecule has 98 valence electrons. The lowest BCUT2D eigenvalue weighted by Gasteiger charge is -2.14. The molecule has 0 amide bonds. The number of nitrogens with one attached hydrogen (secondary N) is 1. The van der Waals surface area contributed by atoms with Crippen LogP contribution in [0.3, 0.4) is 0 Å². The van der Waals surface area contributed by atoms with E-state index < -0.39 is 0 Å². The van der Waals surface area contributed by atoms with Crippen LogP contribution in [0.2, 0.25) is 0 Å². The van der Waals surface area contributed by atoms with Crippen molar-refractivity contribution in [2.45, 2.75) is 19.5 Å². The molecule has 3 N–H and O–H groups in total. The zero-order valence-corrected chi connectivity index (χ0v) is 11.4. The standard InChI is InChI=1S/C13H15N5S/c1-2-18-8-10(7-16-18)13(17-14)9-5-12-11(15-6-9)3-4-19-12/h3-8,13,17H,2,14H2,1H3. The summed E-state index contributed by atoms with van der Waals surface area (Å²) in [6.45, 7) is 2.90. The summed E-state index contributed by atoms with van der Waals surface area (Å²) in [5.74, 6) is 5.70. The smallest absolute Gasteiger partial charge is 0.0809 e. The number of aromatic nitrogens is 3. The number of hydrogen-bond acceptors (Lipinski definition) is 5. The molecule has 3 aromatic rings. The van der Waals surface area contributed by atoms with E-state index in [9.17, 15) is 0 Å². The fourth-order valence-electron chi connectivity index (χ4n) is 2.11. The van der Waals surface area contributed by atoms with Crippen LogP contribution >= 0.6 is 11.3 Å². The maximum Gasteiger partial charge on any atom is 0.0809 e. The van der Waals surface area contributed by atoms with E-state index in [0.29, 0.717) is 0 Å². The van der Waals surface area contributed by atoms with Gasteiger partial charge in [0.1, 0.15) is 0 Å². The number of rotatable bonds is 4. The van der Waals surface area contributed by atoms with Crippen molar-refractivity contribution in [2.75, 3.05) is 0 Å². The fraction of sp³-hybridized carbons (Fsp3) is 0.231. The number of aryl methyl sites for hydroxylation is 1. The van der Waals surface area contributed by atoms with Gasteiger partial charge in [0.25, 0.3) is 0 Å². The first-order valence-corrected chi connectivity index (χ1v) is 7.01. The van der Waals surface area contributed by atoms with Gasteiger partial charge in [-0.3, -0.25) is 15.5 Å². The van der Waals surface area contributed by atoms with Gasteiger partial charge in [-0.15, -0.1) is 11.3 Å². The zero-order chi connectivity index (χ0) is 13.2. The summed E-state index contributed by atoms with van der Waals surface area (Å²) in [5.41, 5.74) is 5.95. The van der Waals surface area contributed by atoms with Crippen LogP contribution in [-0.4, -0.2) is 14.8 Å². The Labute approximate surface area is 115 Å². The van der Waals surface area contributed by atoms with Crippen molar-refractivity contribution in [2.24, 2.45) is 5.84 Å². The van der Waals surface area contributed by atoms with Crippen LogP contribution in [0, 0.1) is 0 Å². The highest BCUT2D eigenvalue weighted by atomic mass is 32.1. The van der Waals surface area contributed by atoms with Gasteiger partial charge in [-0.1, -0.05) is 0 Å². The summed E-state index contributed by atoms with van der Waals surface area (Å²) in [7, 11) is 0. The maximum absolute atomic E-state index is 5.70. The molecule has 0 radical (unpaired) electrons. The van der Waals surface area contributed by atoms with Crippen molar-refractivity contribution in [3.8, 4) is 0 Å². The average Bonchev–Trinajstić information content (AvgIpc) is 3.07. The quantitative estimate of drug-likeness (QED) is 0.564. The van der Waals surface area contributed by atoms with Gasteiger partial charge in [0.05, 0.1) is 22.5 Å². The van der Waals surface area contributed by atoms with Crippen LogP contribution in [0.5, 0.6) is 0 Å². The van der Waals surface area contributed by atoms with Gasteiger partial charge in [0.2, 0.25) is 0 Å². The van der Waals surface area contributed by atoms with E-state index in [0.717, 1.165) is 23.2 Å². The van der Waals surface area contributed by atoms with E-state index >= 15 is 0 Å². The van der Waals surface area contributed by atoms with Gasteiger partial charge in [-0.05, 0) is 30.0 Å². The van der Waals surface area contributed by atoms with E-state index in [-0.39, 0.29) is 6.04 Å². The molecule has 5 nitrogen and oxygen atoms in total. The molecule has 3 rings (SSSR count). The third-order valence-electron chi connectivity index (χ3n) is 3.13. The van der Waals surface area contributed by atoms with E-state index in [1.807, 2.05) is 34.7 Å². The Balaban J connectivity index is 2.00. The number of hydrazine groups is 1. The molecule has 0 saturated heterocycles. The number of fused-ring (bicyclic) bond motifs is 1. The second-order valence-corrected chi connectivity index (χ2v) is 5.25. The van der Waals surface area contributed by atoms with E-state index in [4.69, 9.17) is 5.84 Å². The van der Waals surface area contributed by atoms with Gasteiger partial charge in [-0.25, -0.2) is 5.43 Å². The van der Waals surface area contributed by atoms with E-state index in [2.05, 4.69) is 28.5 Å². The minimum atomic E-state index is -0.0840. The van der Waals surface area contributed by atoms with Crippen molar-refractivity contribution in [3.05, 3.63) is 47.2 Å². The van der Waals surface area contributed by atoms with Crippen LogP contribution in [0.25, 0.3) is 10.2 Å². The predicted octanol–water partition coefficient (Wildman–Crippen LogP) is 2.07. The average molecular weight is 273 g/mol. The van der Waals surface area contributed by atoms with Crippen LogP contribution < -0.4 is 11.3 Å². The Kier molecular flexibility index (Phi) is 3.29. The van der Waals surface area contributed by atoms with Crippen LogP contribution in [-0.2, 0) is 6.54 Å². The minimum Gasteiger partial charge on any atom is -0.273 e. The van der Waals surface area contributed by atoms with Crippen molar-refractivity contribution in [3.63, 3.8) is 0 Å². The predicted molar refractivity (Wildman–Crippen MR) is 76.7 cm³/mol. The normalized spacial score (nSPS) is 12.9. The van der Waals surface area contributed by atoms with E-state index in [1.165, 1.54) is 4.70 Å². The Morgan fingerprint density at radius 1 is 1.42 bits per heavy atom. The summed E-state index contributed by atoms with van der Waals surface area (Å²) < 4.78 is 3.05. The number of thiophene rings is 1. The highest BCUT2D eigenvalue weighted by Gasteiger charge is 2.15. The topological polar surface area (TPSA) is 68.8 Å². The largest absolute Gasteiger partial charge is 0.273 e. The molecule has 0 fully saturated rings. The summed E-state index contributed by atoms with van der Waals surface area (Å²) in [6, 6.07) is 4.06. The summed E-state index contributed by atoms with van der Waals surface area (Å²) in [4.78, 5) is 4.45. The highest BCUT2D eigenvalue weighted by Crippen LogP contribution is 2.25. The molecule has 0 aliphatic rings. The number of hydrogen-bond donors (Lipinski definition) is 2. The lowest BCUT2D eigenvalue weighted by atomic mass is 10.0. The van der Waals surface area contributed by atoms with Crippen molar-refractivity contribution in [1.82, 2.24) is 20.2 Å². The first-order chi connectivity index (χ1) is 9.31. The molecule has 1 atom stereocenters. The SMILES string of the molecule is CCn1cc(C(NN)c2cnc3ccsc3c2)cn1. The molecule has 0 saturated carbocycles. The second-order valence-electron chi connectivity index (χ2n) is 4.30. The third kappa shape index (κ3) is 2.25. The van der Waals surface area contributed by atoms with E-state index in [1.54, 1.807) is 11.3 Å². The monoisotopic (exact) mass is 273 g/mol. The molecule has 0 aromatic carbocycles. The van der Waals surface area contributed by atoms with Crippen LogP contribution in [0.15, 0.2) is 36.1 Å². The number of nitrogens with two attached hydrogens (primary N) is 1. The lowest BCUT2D eigenvalue weighted by Crippen LogP contribution is -2.28. The number of nitrogens with zero attached hydrogens (tertiary/aromatic N) is 3. The Morgan fingerprint density at radius 3 is 3.05 bits per heavy atom. The number of pyridine rings is 1. The van der Waals surface area contributed by atoms with Gasteiger partial charge in [-0.2, -0.15) is 5.10 Å². The molecule has 0 spiro atoms. The van der Waals surface area contributed by atoms with Gasteiger partial charge < -0.3 is 0 Å². The Hall–Kier alpha value is -1.76. The zero-order valence-electron chi connectivity index (χ0n) is 10.6. The maximum atomic E-state index is 5.70. The van der Waals surface area contributed by atoms with Gasteiger partial charge >= 0.3 is 0 Å². The Morgan fingerprint density at radius 2 is 2.32 bits per heavy atom. The first-order valence-electron chi connectivity index (χ1n) is 6.13. The van der Waals surface area contributed by atoms with Crippen molar-refractivity contribution in [1.29, 1.82) is 0 Å². The van der Waals surface area contributed by atoms with Crippen LogP contribution in [0.4, 0.5) is 0 Å². The lowest BCUT2D eigenvalue weighted by molar-refractivity contribution is 0.629. The molecular weight excluding hydrogens is 258 g/mol. The van der Waals surface area contributed by atoms with Crippen LogP contribution in [0.1, 0.15) is 24.1 Å². The van der Waals surface area contributed by atoms with Gasteiger partial charge in [0, 0.05) is 24.5 Å². The molecule has 3 aromatic heterocycles. The van der Waals surface area contributed by atoms with Gasteiger partial charge in [0.15, 0.2) is 0 Å². The summed E-state index contributed by atoms with van der Waals surface area (Å²) in [5, 5.41) is 6.33.